The Bertz CT molecular complexity index is 601. The number of H-pyrrole nitrogens is 1. The molecule has 6 heteroatoms. The summed E-state index contributed by atoms with van der Waals surface area (Å²) >= 11 is 0. The summed E-state index contributed by atoms with van der Waals surface area (Å²) in [6, 6.07) is 4.06. The molecule has 3 heterocycles. The van der Waals surface area contributed by atoms with Crippen LogP contribution in [-0.2, 0) is 0 Å². The van der Waals surface area contributed by atoms with E-state index in [1.165, 1.54) is 0 Å². The van der Waals surface area contributed by atoms with Crippen molar-refractivity contribution in [3.63, 3.8) is 0 Å². The summed E-state index contributed by atoms with van der Waals surface area (Å²) in [6.07, 6.45) is 3.67. The van der Waals surface area contributed by atoms with E-state index in [4.69, 9.17) is 0 Å². The van der Waals surface area contributed by atoms with E-state index in [0.717, 1.165) is 30.8 Å². The van der Waals surface area contributed by atoms with Crippen LogP contribution in [0.1, 0.15) is 40.8 Å². The third-order valence-electron chi connectivity index (χ3n) is 3.81. The maximum absolute atomic E-state index is 12.4. The molecule has 2 aromatic rings. The van der Waals surface area contributed by atoms with E-state index in [1.807, 2.05) is 11.8 Å². The number of carbonyl (C=O) groups excluding carboxylic acids is 1. The van der Waals surface area contributed by atoms with E-state index >= 15 is 0 Å². The highest BCUT2D eigenvalue weighted by Crippen LogP contribution is 2.23. The fourth-order valence-electron chi connectivity index (χ4n) is 2.90. The largest absolute Gasteiger partial charge is 0.335 e. The van der Waals surface area contributed by atoms with Crippen molar-refractivity contribution in [2.75, 3.05) is 13.1 Å². The van der Waals surface area contributed by atoms with Crippen molar-refractivity contribution >= 4 is 5.91 Å². The number of nitrogens with zero attached hydrogens (tertiary/aromatic N) is 4. The van der Waals surface area contributed by atoms with Gasteiger partial charge in [-0.25, -0.2) is 0 Å². The monoisotopic (exact) mass is 273 g/mol. The average Bonchev–Trinajstić information content (AvgIpc) is 3.08. The first kappa shape index (κ1) is 12.9. The molecule has 0 radical (unpaired) electrons. The van der Waals surface area contributed by atoms with Gasteiger partial charge in [0.1, 0.15) is 5.69 Å². The van der Waals surface area contributed by atoms with Gasteiger partial charge in [-0.05, 0) is 38.8 Å². The van der Waals surface area contributed by atoms with Gasteiger partial charge in [0.15, 0.2) is 0 Å². The van der Waals surface area contributed by atoms with Crippen LogP contribution >= 0.6 is 0 Å². The number of rotatable bonds is 2. The standard InChI is InChI=1S/C14H19N5O/c1-10-8-11(2)19(17-10)12-4-3-7-18(9-12)14(20)13-5-6-15-16-13/h5-6,8,12H,3-4,7,9H2,1-2H3,(H,15,16)/t12-/m0/s1. The molecule has 106 valence electrons. The van der Waals surface area contributed by atoms with E-state index < -0.39 is 0 Å². The Balaban J connectivity index is 1.77. The predicted octanol–water partition coefficient (Wildman–Crippen LogP) is 1.70. The first-order chi connectivity index (χ1) is 9.65. The van der Waals surface area contributed by atoms with Crippen LogP contribution in [0.5, 0.6) is 0 Å². The molecule has 1 amide bonds. The lowest BCUT2D eigenvalue weighted by Gasteiger charge is -2.33. The molecule has 0 bridgehead atoms. The highest BCUT2D eigenvalue weighted by Gasteiger charge is 2.27. The Labute approximate surface area is 117 Å². The van der Waals surface area contributed by atoms with Crippen LogP contribution in [0.2, 0.25) is 0 Å². The fourth-order valence-corrected chi connectivity index (χ4v) is 2.90. The summed E-state index contributed by atoms with van der Waals surface area (Å²) in [7, 11) is 0. The molecule has 1 aliphatic rings. The molecule has 1 atom stereocenters. The van der Waals surface area contributed by atoms with Crippen LogP contribution < -0.4 is 0 Å². The molecule has 6 nitrogen and oxygen atoms in total. The Kier molecular flexibility index (Phi) is 3.30. The number of hydrogen-bond donors (Lipinski definition) is 1. The van der Waals surface area contributed by atoms with Crippen LogP contribution in [0, 0.1) is 13.8 Å². The molecule has 2 aromatic heterocycles. The lowest BCUT2D eigenvalue weighted by molar-refractivity contribution is 0.0665. The highest BCUT2D eigenvalue weighted by atomic mass is 16.2. The number of aryl methyl sites for hydroxylation is 2. The van der Waals surface area contributed by atoms with Gasteiger partial charge in [0, 0.05) is 25.0 Å². The zero-order valence-corrected chi connectivity index (χ0v) is 11.8. The van der Waals surface area contributed by atoms with Crippen molar-refractivity contribution in [3.05, 3.63) is 35.4 Å². The topological polar surface area (TPSA) is 66.8 Å². The minimum atomic E-state index is 0.0220. The van der Waals surface area contributed by atoms with E-state index in [2.05, 4.69) is 33.0 Å². The fraction of sp³-hybridized carbons (Fsp3) is 0.500. The van der Waals surface area contributed by atoms with Crippen molar-refractivity contribution in [2.24, 2.45) is 0 Å². The van der Waals surface area contributed by atoms with E-state index in [0.29, 0.717) is 12.2 Å². The predicted molar refractivity (Wildman–Crippen MR) is 74.5 cm³/mol. The molecule has 1 saturated heterocycles. The van der Waals surface area contributed by atoms with Gasteiger partial charge >= 0.3 is 0 Å². The van der Waals surface area contributed by atoms with Gasteiger partial charge in [-0.3, -0.25) is 14.6 Å². The number of hydrogen-bond acceptors (Lipinski definition) is 3. The second kappa shape index (κ2) is 5.11. The second-order valence-electron chi connectivity index (χ2n) is 5.39. The summed E-state index contributed by atoms with van der Waals surface area (Å²) < 4.78 is 2.06. The van der Waals surface area contributed by atoms with Crippen LogP contribution in [0.3, 0.4) is 0 Å². The zero-order valence-electron chi connectivity index (χ0n) is 11.8. The molecular formula is C14H19N5O. The summed E-state index contributed by atoms with van der Waals surface area (Å²) in [5, 5.41) is 11.1. The normalized spacial score (nSPS) is 19.3. The molecule has 0 saturated carbocycles. The number of amides is 1. The minimum absolute atomic E-state index is 0.0220. The summed E-state index contributed by atoms with van der Waals surface area (Å²) in [4.78, 5) is 14.2. The van der Waals surface area contributed by atoms with Gasteiger partial charge in [-0.15, -0.1) is 0 Å². The molecule has 0 aliphatic carbocycles. The maximum Gasteiger partial charge on any atom is 0.271 e. The van der Waals surface area contributed by atoms with Crippen molar-refractivity contribution in [3.8, 4) is 0 Å². The van der Waals surface area contributed by atoms with E-state index in [1.54, 1.807) is 12.3 Å². The molecule has 0 aromatic carbocycles. The van der Waals surface area contributed by atoms with E-state index in [-0.39, 0.29) is 11.9 Å². The lowest BCUT2D eigenvalue weighted by atomic mass is 10.1. The van der Waals surface area contributed by atoms with Gasteiger partial charge in [-0.2, -0.15) is 10.2 Å². The molecule has 0 unspecified atom stereocenters. The molecular weight excluding hydrogens is 254 g/mol. The highest BCUT2D eigenvalue weighted by molar-refractivity contribution is 5.92. The summed E-state index contributed by atoms with van der Waals surface area (Å²) in [5.41, 5.74) is 2.74. The van der Waals surface area contributed by atoms with Gasteiger partial charge in [0.2, 0.25) is 0 Å². The number of likely N-dealkylation sites (tertiary alicyclic amines) is 1. The lowest BCUT2D eigenvalue weighted by Crippen LogP contribution is -2.41. The SMILES string of the molecule is Cc1cc(C)n([C@H]2CCCN(C(=O)c3ccn[nH]3)C2)n1. The smallest absolute Gasteiger partial charge is 0.271 e. The van der Waals surface area contributed by atoms with Crippen LogP contribution in [0.25, 0.3) is 0 Å². The molecule has 0 spiro atoms. The second-order valence-corrected chi connectivity index (χ2v) is 5.39. The number of aromatic amines is 1. The quantitative estimate of drug-likeness (QED) is 0.905. The average molecular weight is 273 g/mol. The van der Waals surface area contributed by atoms with Crippen LogP contribution in [0.4, 0.5) is 0 Å². The Hall–Kier alpha value is -2.11. The van der Waals surface area contributed by atoms with Crippen LogP contribution in [-0.4, -0.2) is 43.9 Å². The third kappa shape index (κ3) is 2.33. The maximum atomic E-state index is 12.4. The Morgan fingerprint density at radius 3 is 2.95 bits per heavy atom. The first-order valence-corrected chi connectivity index (χ1v) is 6.96. The zero-order chi connectivity index (χ0) is 14.1. The molecule has 20 heavy (non-hydrogen) atoms. The number of aromatic nitrogens is 4. The van der Waals surface area contributed by atoms with Crippen molar-refractivity contribution < 1.29 is 4.79 Å². The Morgan fingerprint density at radius 2 is 2.30 bits per heavy atom. The van der Waals surface area contributed by atoms with Crippen molar-refractivity contribution in [1.82, 2.24) is 24.9 Å². The van der Waals surface area contributed by atoms with Gasteiger partial charge in [0.05, 0.1) is 11.7 Å². The molecule has 1 fully saturated rings. The van der Waals surface area contributed by atoms with Crippen molar-refractivity contribution in [2.45, 2.75) is 32.7 Å². The Morgan fingerprint density at radius 1 is 1.45 bits per heavy atom. The van der Waals surface area contributed by atoms with Gasteiger partial charge < -0.3 is 4.90 Å². The van der Waals surface area contributed by atoms with Gasteiger partial charge in [0.25, 0.3) is 5.91 Å². The minimum Gasteiger partial charge on any atom is -0.335 e. The molecule has 3 rings (SSSR count). The number of nitrogens with one attached hydrogen (secondary N) is 1. The van der Waals surface area contributed by atoms with E-state index in [9.17, 15) is 4.79 Å². The van der Waals surface area contributed by atoms with Crippen LogP contribution in [0.15, 0.2) is 18.3 Å². The summed E-state index contributed by atoms with van der Waals surface area (Å²) in [5.74, 6) is 0.0220. The third-order valence-corrected chi connectivity index (χ3v) is 3.81. The number of piperidine rings is 1. The summed E-state index contributed by atoms with van der Waals surface area (Å²) in [6.45, 7) is 5.57. The first-order valence-electron chi connectivity index (χ1n) is 6.96. The number of carbonyl (C=O) groups is 1. The molecule has 1 N–H and O–H groups in total. The molecule has 1 aliphatic heterocycles. The van der Waals surface area contributed by atoms with Gasteiger partial charge in [-0.1, -0.05) is 0 Å². The van der Waals surface area contributed by atoms with Crippen molar-refractivity contribution in [1.29, 1.82) is 0 Å².